The highest BCUT2D eigenvalue weighted by Crippen LogP contribution is 2.30. The smallest absolute Gasteiger partial charge is 0.408 e. The lowest BCUT2D eigenvalue weighted by molar-refractivity contribution is -0.138. The standard InChI is InChI=1S/C29H31N5O4S/c1-19(2)18-38-29(37)32-25(21-12-7-4-8-13-21)27(36)34-15-9-14-22(34)26(35)30-24-17-33-16-23(39-28(33)31-24)20-10-5-3-6-11-20/h3-8,10-13,16-17,19,22,25H,9,14-15,18H2,1-2H3,(H,30,35)(H,32,37). The van der Waals surface area contributed by atoms with E-state index in [1.807, 2.05) is 60.8 Å². The molecule has 0 bridgehead atoms. The van der Waals surface area contributed by atoms with E-state index in [2.05, 4.69) is 15.6 Å². The molecule has 1 fully saturated rings. The van der Waals surface area contributed by atoms with Gasteiger partial charge in [0.05, 0.1) is 17.7 Å². The Balaban J connectivity index is 1.29. The number of likely N-dealkylation sites (tertiary alicyclic amines) is 1. The Morgan fingerprint density at radius 2 is 1.77 bits per heavy atom. The summed E-state index contributed by atoms with van der Waals surface area (Å²) in [5, 5.41) is 5.59. The van der Waals surface area contributed by atoms with E-state index in [0.29, 0.717) is 30.8 Å². The molecule has 5 rings (SSSR count). The zero-order valence-electron chi connectivity index (χ0n) is 21.9. The quantitative estimate of drug-likeness (QED) is 0.320. The van der Waals surface area contributed by atoms with Gasteiger partial charge in [0, 0.05) is 12.7 Å². The highest BCUT2D eigenvalue weighted by Gasteiger charge is 2.38. The average Bonchev–Trinajstić information content (AvgIpc) is 3.67. The molecule has 0 spiro atoms. The number of nitrogens with one attached hydrogen (secondary N) is 2. The van der Waals surface area contributed by atoms with Crippen LogP contribution in [0.4, 0.5) is 10.6 Å². The number of thiazole rings is 1. The highest BCUT2D eigenvalue weighted by atomic mass is 32.1. The van der Waals surface area contributed by atoms with Crippen LogP contribution in [0.3, 0.4) is 0 Å². The summed E-state index contributed by atoms with van der Waals surface area (Å²) >= 11 is 1.53. The van der Waals surface area contributed by atoms with Crippen LogP contribution in [0.2, 0.25) is 0 Å². The molecule has 2 aromatic heterocycles. The largest absolute Gasteiger partial charge is 0.449 e. The summed E-state index contributed by atoms with van der Waals surface area (Å²) in [7, 11) is 0. The zero-order valence-corrected chi connectivity index (χ0v) is 22.7. The van der Waals surface area contributed by atoms with Gasteiger partial charge in [-0.05, 0) is 29.9 Å². The fourth-order valence-electron chi connectivity index (χ4n) is 4.61. The molecule has 1 aliphatic rings. The summed E-state index contributed by atoms with van der Waals surface area (Å²) in [5.74, 6) is -0.0562. The van der Waals surface area contributed by atoms with Crippen molar-refractivity contribution in [2.45, 2.75) is 38.8 Å². The van der Waals surface area contributed by atoms with Crippen molar-refractivity contribution < 1.29 is 19.1 Å². The molecular weight excluding hydrogens is 514 g/mol. The first kappa shape index (κ1) is 26.4. The van der Waals surface area contributed by atoms with Gasteiger partial charge in [0.15, 0.2) is 10.8 Å². The van der Waals surface area contributed by atoms with E-state index < -0.39 is 18.2 Å². The second kappa shape index (κ2) is 11.7. The molecule has 0 aliphatic carbocycles. The Kier molecular flexibility index (Phi) is 7.92. The molecule has 2 aromatic carbocycles. The molecule has 3 amide bonds. The minimum Gasteiger partial charge on any atom is -0.449 e. The Labute approximate surface area is 230 Å². The Morgan fingerprint density at radius 3 is 2.46 bits per heavy atom. The van der Waals surface area contributed by atoms with E-state index in [9.17, 15) is 14.4 Å². The molecule has 1 saturated heterocycles. The predicted molar refractivity (Wildman–Crippen MR) is 150 cm³/mol. The van der Waals surface area contributed by atoms with Crippen LogP contribution in [-0.4, -0.2) is 51.4 Å². The minimum atomic E-state index is -0.964. The first-order chi connectivity index (χ1) is 18.9. The van der Waals surface area contributed by atoms with Crippen molar-refractivity contribution >= 4 is 40.0 Å². The van der Waals surface area contributed by atoms with E-state index in [0.717, 1.165) is 15.4 Å². The molecule has 10 heteroatoms. The fourth-order valence-corrected chi connectivity index (χ4v) is 5.58. The number of carbonyl (C=O) groups is 3. The lowest BCUT2D eigenvalue weighted by Crippen LogP contribution is -2.48. The summed E-state index contributed by atoms with van der Waals surface area (Å²) in [5.41, 5.74) is 1.73. The Bertz CT molecular complexity index is 1420. The van der Waals surface area contributed by atoms with Crippen LogP contribution >= 0.6 is 11.3 Å². The number of rotatable bonds is 8. The molecule has 2 N–H and O–H groups in total. The number of hydrogen-bond donors (Lipinski definition) is 2. The third-order valence-corrected chi connectivity index (χ3v) is 7.54. The number of ether oxygens (including phenoxy) is 1. The van der Waals surface area contributed by atoms with E-state index >= 15 is 0 Å². The maximum absolute atomic E-state index is 13.7. The van der Waals surface area contributed by atoms with Crippen molar-refractivity contribution in [3.05, 3.63) is 78.6 Å². The summed E-state index contributed by atoms with van der Waals surface area (Å²) in [6.45, 7) is 4.53. The van der Waals surface area contributed by atoms with E-state index in [1.165, 1.54) is 11.3 Å². The van der Waals surface area contributed by atoms with Gasteiger partial charge >= 0.3 is 6.09 Å². The maximum Gasteiger partial charge on any atom is 0.408 e. The van der Waals surface area contributed by atoms with Crippen molar-refractivity contribution in [3.8, 4) is 10.4 Å². The van der Waals surface area contributed by atoms with Crippen LogP contribution in [-0.2, 0) is 14.3 Å². The van der Waals surface area contributed by atoms with E-state index in [-0.39, 0.29) is 24.3 Å². The number of benzene rings is 2. The van der Waals surface area contributed by atoms with Gasteiger partial charge < -0.3 is 20.3 Å². The SMILES string of the molecule is CC(C)COC(=O)NC(C(=O)N1CCCC1C(=O)Nc1cn2cc(-c3ccccc3)sc2n1)c1ccccc1. The molecule has 202 valence electrons. The van der Waals surface area contributed by atoms with Crippen molar-refractivity contribution in [1.82, 2.24) is 19.6 Å². The van der Waals surface area contributed by atoms with Crippen molar-refractivity contribution in [2.75, 3.05) is 18.5 Å². The van der Waals surface area contributed by atoms with Crippen LogP contribution in [0.5, 0.6) is 0 Å². The highest BCUT2D eigenvalue weighted by molar-refractivity contribution is 7.20. The number of imidazole rings is 1. The number of nitrogens with zero attached hydrogens (tertiary/aromatic N) is 3. The summed E-state index contributed by atoms with van der Waals surface area (Å²) < 4.78 is 7.16. The number of carbonyl (C=O) groups excluding carboxylic acids is 3. The molecule has 9 nitrogen and oxygen atoms in total. The molecule has 4 aromatic rings. The Morgan fingerprint density at radius 1 is 1.05 bits per heavy atom. The minimum absolute atomic E-state index is 0.163. The predicted octanol–water partition coefficient (Wildman–Crippen LogP) is 5.12. The number of hydrogen-bond acceptors (Lipinski definition) is 6. The maximum atomic E-state index is 13.7. The first-order valence-electron chi connectivity index (χ1n) is 13.0. The van der Waals surface area contributed by atoms with Gasteiger partial charge in [0.25, 0.3) is 5.91 Å². The van der Waals surface area contributed by atoms with Gasteiger partial charge in [-0.15, -0.1) is 0 Å². The van der Waals surface area contributed by atoms with Crippen LogP contribution in [0.15, 0.2) is 73.1 Å². The summed E-state index contributed by atoms with van der Waals surface area (Å²) in [6, 6.07) is 17.4. The lowest BCUT2D eigenvalue weighted by Gasteiger charge is -2.28. The van der Waals surface area contributed by atoms with Gasteiger partial charge in [-0.1, -0.05) is 85.8 Å². The molecule has 0 saturated carbocycles. The van der Waals surface area contributed by atoms with Gasteiger partial charge in [0.1, 0.15) is 12.1 Å². The second-order valence-electron chi connectivity index (χ2n) is 9.94. The van der Waals surface area contributed by atoms with Gasteiger partial charge in [-0.2, -0.15) is 0 Å². The molecule has 2 atom stereocenters. The number of alkyl carbamates (subject to hydrolysis) is 1. The van der Waals surface area contributed by atoms with Gasteiger partial charge in [-0.3, -0.25) is 14.0 Å². The van der Waals surface area contributed by atoms with Crippen molar-refractivity contribution in [3.63, 3.8) is 0 Å². The summed E-state index contributed by atoms with van der Waals surface area (Å²) in [6.07, 6.45) is 4.30. The van der Waals surface area contributed by atoms with Crippen LogP contribution in [0.25, 0.3) is 15.4 Å². The number of anilines is 1. The second-order valence-corrected chi connectivity index (χ2v) is 10.9. The number of fused-ring (bicyclic) bond motifs is 1. The summed E-state index contributed by atoms with van der Waals surface area (Å²) in [4.78, 5) is 47.5. The zero-order chi connectivity index (χ0) is 27.4. The molecular formula is C29H31N5O4S. The van der Waals surface area contributed by atoms with Crippen LogP contribution in [0.1, 0.15) is 38.3 Å². The molecule has 1 aliphatic heterocycles. The topological polar surface area (TPSA) is 105 Å². The number of aromatic nitrogens is 2. The average molecular weight is 546 g/mol. The molecule has 0 radical (unpaired) electrons. The van der Waals surface area contributed by atoms with E-state index in [1.54, 1.807) is 35.4 Å². The van der Waals surface area contributed by atoms with Gasteiger partial charge in [-0.25, -0.2) is 9.78 Å². The Hall–Kier alpha value is -4.18. The molecule has 39 heavy (non-hydrogen) atoms. The van der Waals surface area contributed by atoms with Crippen LogP contribution < -0.4 is 10.6 Å². The van der Waals surface area contributed by atoms with Crippen LogP contribution in [0, 0.1) is 5.92 Å². The van der Waals surface area contributed by atoms with Crippen molar-refractivity contribution in [2.24, 2.45) is 5.92 Å². The van der Waals surface area contributed by atoms with Gasteiger partial charge in [0.2, 0.25) is 5.91 Å². The molecule has 3 heterocycles. The fraction of sp³-hybridized carbons (Fsp3) is 0.310. The third kappa shape index (κ3) is 6.12. The van der Waals surface area contributed by atoms with Crippen molar-refractivity contribution in [1.29, 1.82) is 0 Å². The monoisotopic (exact) mass is 545 g/mol. The molecule has 2 unspecified atom stereocenters. The third-order valence-electron chi connectivity index (χ3n) is 6.49. The van der Waals surface area contributed by atoms with E-state index in [4.69, 9.17) is 4.74 Å². The number of amides is 3. The lowest BCUT2D eigenvalue weighted by atomic mass is 10.0. The first-order valence-corrected chi connectivity index (χ1v) is 13.8. The normalized spacial score (nSPS) is 15.9.